The number of benzene rings is 4. The van der Waals surface area contributed by atoms with Gasteiger partial charge in [0, 0.05) is 5.69 Å². The molecule has 2 N–H and O–H groups in total. The van der Waals surface area contributed by atoms with E-state index in [4.69, 9.17) is 5.73 Å². The zero-order valence-electron chi connectivity index (χ0n) is 22.8. The molecular formula is C38H35N. The third-order valence-electron chi connectivity index (χ3n) is 7.30. The first-order chi connectivity index (χ1) is 19.0. The molecule has 1 aliphatic carbocycles. The maximum atomic E-state index is 5.86. The Balaban J connectivity index is 1.43. The summed E-state index contributed by atoms with van der Waals surface area (Å²) in [6, 6.07) is 36.0. The first kappa shape index (κ1) is 26.0. The molecule has 1 nitrogen and oxygen atoms in total. The van der Waals surface area contributed by atoms with Crippen molar-refractivity contribution < 1.29 is 0 Å². The van der Waals surface area contributed by atoms with Crippen LogP contribution in [-0.2, 0) is 0 Å². The van der Waals surface area contributed by atoms with Crippen molar-refractivity contribution in [3.05, 3.63) is 162 Å². The smallest absolute Gasteiger partial charge is 0.0314 e. The van der Waals surface area contributed by atoms with Crippen molar-refractivity contribution in [2.24, 2.45) is 5.92 Å². The number of allylic oxidation sites excluding steroid dienone is 9. The summed E-state index contributed by atoms with van der Waals surface area (Å²) in [6.45, 7) is 8.91. The summed E-state index contributed by atoms with van der Waals surface area (Å²) in [5.74, 6) is 0.514. The molecule has 0 bridgehead atoms. The second-order valence-corrected chi connectivity index (χ2v) is 10.4. The van der Waals surface area contributed by atoms with E-state index in [1.807, 2.05) is 12.1 Å². The lowest BCUT2D eigenvalue weighted by Crippen LogP contribution is -2.00. The highest BCUT2D eigenvalue weighted by Gasteiger charge is 2.12. The summed E-state index contributed by atoms with van der Waals surface area (Å²) in [7, 11) is 0. The van der Waals surface area contributed by atoms with E-state index < -0.39 is 0 Å². The van der Waals surface area contributed by atoms with Crippen LogP contribution >= 0.6 is 0 Å². The van der Waals surface area contributed by atoms with E-state index in [-0.39, 0.29) is 0 Å². The Morgan fingerprint density at radius 1 is 0.718 bits per heavy atom. The molecule has 0 saturated carbocycles. The van der Waals surface area contributed by atoms with E-state index in [0.29, 0.717) is 5.92 Å². The van der Waals surface area contributed by atoms with Crippen LogP contribution < -0.4 is 5.73 Å². The molecule has 0 saturated heterocycles. The molecular weight excluding hydrogens is 470 g/mol. The average Bonchev–Trinajstić information content (AvgIpc) is 2.98. The number of nitrogens with two attached hydrogens (primary N) is 1. The van der Waals surface area contributed by atoms with Crippen molar-refractivity contribution in [3.8, 4) is 22.3 Å². The number of rotatable bonds is 7. The van der Waals surface area contributed by atoms with Crippen molar-refractivity contribution in [3.63, 3.8) is 0 Å². The predicted molar refractivity (Wildman–Crippen MR) is 170 cm³/mol. The fourth-order valence-corrected chi connectivity index (χ4v) is 4.98. The normalized spacial score (nSPS) is 15.6. The molecule has 4 aromatic carbocycles. The van der Waals surface area contributed by atoms with Crippen LogP contribution in [0.3, 0.4) is 0 Å². The van der Waals surface area contributed by atoms with Gasteiger partial charge >= 0.3 is 0 Å². The molecule has 1 atom stereocenters. The van der Waals surface area contributed by atoms with Crippen molar-refractivity contribution in [1.29, 1.82) is 0 Å². The van der Waals surface area contributed by atoms with E-state index >= 15 is 0 Å². The summed E-state index contributed by atoms with van der Waals surface area (Å²) in [5.41, 5.74) is 18.5. The standard InChI is InChI=1S/C38H35N/c1-27-8-7-11-36(24-27)37(25-28(2)30-12-16-33(17-13-30)32-9-5-4-6-10-32)26-29(3)31-14-18-34(19-15-31)35-20-22-38(39)23-21-35/h4-23,25-27H,3,24,39H2,1-2H3/b28-25+,37-26+. The molecule has 4 aromatic rings. The number of hydrogen-bond donors (Lipinski definition) is 1. The molecule has 0 aromatic heterocycles. The van der Waals surface area contributed by atoms with Gasteiger partial charge < -0.3 is 5.73 Å². The molecule has 5 rings (SSSR count). The molecule has 1 aliphatic rings. The summed E-state index contributed by atoms with van der Waals surface area (Å²) >= 11 is 0. The molecule has 0 amide bonds. The minimum Gasteiger partial charge on any atom is -0.399 e. The van der Waals surface area contributed by atoms with Gasteiger partial charge in [0.25, 0.3) is 0 Å². The van der Waals surface area contributed by atoms with Gasteiger partial charge in [-0.1, -0.05) is 129 Å². The monoisotopic (exact) mass is 505 g/mol. The van der Waals surface area contributed by atoms with Crippen LogP contribution in [0.25, 0.3) is 33.4 Å². The Morgan fingerprint density at radius 3 is 1.85 bits per heavy atom. The van der Waals surface area contributed by atoms with E-state index in [0.717, 1.165) is 28.8 Å². The first-order valence-corrected chi connectivity index (χ1v) is 13.5. The highest BCUT2D eigenvalue weighted by molar-refractivity contribution is 5.79. The lowest BCUT2D eigenvalue weighted by molar-refractivity contribution is 0.714. The lowest BCUT2D eigenvalue weighted by Gasteiger charge is -2.17. The van der Waals surface area contributed by atoms with Gasteiger partial charge in [-0.25, -0.2) is 0 Å². The van der Waals surface area contributed by atoms with Gasteiger partial charge in [0.05, 0.1) is 0 Å². The summed E-state index contributed by atoms with van der Waals surface area (Å²) < 4.78 is 0. The van der Waals surface area contributed by atoms with Crippen LogP contribution in [0.15, 0.2) is 151 Å². The third kappa shape index (κ3) is 6.45. The Morgan fingerprint density at radius 2 is 1.26 bits per heavy atom. The van der Waals surface area contributed by atoms with E-state index in [9.17, 15) is 0 Å². The highest BCUT2D eigenvalue weighted by Crippen LogP contribution is 2.31. The van der Waals surface area contributed by atoms with Gasteiger partial charge in [-0.3, -0.25) is 0 Å². The molecule has 1 unspecified atom stereocenters. The van der Waals surface area contributed by atoms with Crippen LogP contribution in [0, 0.1) is 5.92 Å². The number of hydrogen-bond acceptors (Lipinski definition) is 1. The van der Waals surface area contributed by atoms with E-state index in [2.05, 4.69) is 142 Å². The van der Waals surface area contributed by atoms with Crippen LogP contribution in [-0.4, -0.2) is 0 Å². The van der Waals surface area contributed by atoms with Crippen molar-refractivity contribution >= 4 is 16.8 Å². The summed E-state index contributed by atoms with van der Waals surface area (Å²) in [4.78, 5) is 0. The van der Waals surface area contributed by atoms with Gasteiger partial charge in [0.1, 0.15) is 0 Å². The first-order valence-electron chi connectivity index (χ1n) is 13.5. The zero-order chi connectivity index (χ0) is 27.2. The van der Waals surface area contributed by atoms with E-state index in [1.165, 1.54) is 39.0 Å². The van der Waals surface area contributed by atoms with Gasteiger partial charge in [-0.05, 0) is 93.1 Å². The molecule has 39 heavy (non-hydrogen) atoms. The van der Waals surface area contributed by atoms with Crippen molar-refractivity contribution in [1.82, 2.24) is 0 Å². The fourth-order valence-electron chi connectivity index (χ4n) is 4.98. The minimum absolute atomic E-state index is 0.514. The third-order valence-corrected chi connectivity index (χ3v) is 7.30. The fraction of sp³-hybridized carbons (Fsp3) is 0.105. The molecule has 192 valence electrons. The molecule has 0 fully saturated rings. The molecule has 0 aliphatic heterocycles. The predicted octanol–water partition coefficient (Wildman–Crippen LogP) is 10.2. The average molecular weight is 506 g/mol. The van der Waals surface area contributed by atoms with Gasteiger partial charge in [0.15, 0.2) is 0 Å². The van der Waals surface area contributed by atoms with Crippen LogP contribution in [0.4, 0.5) is 5.69 Å². The largest absolute Gasteiger partial charge is 0.399 e. The molecule has 1 heteroatoms. The zero-order valence-corrected chi connectivity index (χ0v) is 22.8. The summed E-state index contributed by atoms with van der Waals surface area (Å²) in [5, 5.41) is 0. The topological polar surface area (TPSA) is 26.0 Å². The molecule has 0 heterocycles. The minimum atomic E-state index is 0.514. The number of nitrogen functional groups attached to an aromatic ring is 1. The molecule has 0 spiro atoms. The number of anilines is 1. The Bertz CT molecular complexity index is 1560. The van der Waals surface area contributed by atoms with Crippen molar-refractivity contribution in [2.45, 2.75) is 20.3 Å². The van der Waals surface area contributed by atoms with Crippen LogP contribution in [0.2, 0.25) is 0 Å². The Hall–Kier alpha value is -4.62. The van der Waals surface area contributed by atoms with Crippen LogP contribution in [0.5, 0.6) is 0 Å². The van der Waals surface area contributed by atoms with Gasteiger partial charge in [0.2, 0.25) is 0 Å². The van der Waals surface area contributed by atoms with Gasteiger partial charge in [-0.15, -0.1) is 0 Å². The SMILES string of the molecule is C=C(/C=C(\C=C(/C)c1ccc(-c2ccccc2)cc1)C1=CC=CC(C)C1)c1ccc(-c2ccc(N)cc2)cc1. The van der Waals surface area contributed by atoms with Gasteiger partial charge in [-0.2, -0.15) is 0 Å². The van der Waals surface area contributed by atoms with E-state index in [1.54, 1.807) is 0 Å². The highest BCUT2D eigenvalue weighted by atomic mass is 14.5. The van der Waals surface area contributed by atoms with Crippen molar-refractivity contribution in [2.75, 3.05) is 5.73 Å². The maximum absolute atomic E-state index is 5.86. The quantitative estimate of drug-likeness (QED) is 0.196. The Labute approximate surface area is 233 Å². The Kier molecular flexibility index (Phi) is 7.89. The summed E-state index contributed by atoms with van der Waals surface area (Å²) in [6.07, 6.45) is 12.2. The molecule has 0 radical (unpaired) electrons. The second kappa shape index (κ2) is 11.8. The second-order valence-electron chi connectivity index (χ2n) is 10.4. The lowest BCUT2D eigenvalue weighted by atomic mass is 9.88. The maximum Gasteiger partial charge on any atom is 0.0314 e. The van der Waals surface area contributed by atoms with Crippen LogP contribution in [0.1, 0.15) is 31.4 Å².